The molecule has 8 nitrogen and oxygen atoms in total. The topological polar surface area (TPSA) is 109 Å². The van der Waals surface area contributed by atoms with Gasteiger partial charge in [-0.05, 0) is 38.7 Å². The van der Waals surface area contributed by atoms with E-state index in [4.69, 9.17) is 0 Å². The fraction of sp³-hybridized carbons (Fsp3) is 0.632. The highest BCUT2D eigenvalue weighted by atomic mass is 16.4. The van der Waals surface area contributed by atoms with E-state index in [1.807, 2.05) is 13.8 Å². The summed E-state index contributed by atoms with van der Waals surface area (Å²) in [5.74, 6) is -0.859. The molecule has 0 aliphatic heterocycles. The van der Waals surface area contributed by atoms with Crippen LogP contribution < -0.4 is 5.32 Å². The Labute approximate surface area is 158 Å². The van der Waals surface area contributed by atoms with Gasteiger partial charge in [-0.1, -0.05) is 25.7 Å². The van der Waals surface area contributed by atoms with Crippen LogP contribution in [-0.2, 0) is 16.0 Å². The summed E-state index contributed by atoms with van der Waals surface area (Å²) < 4.78 is 1.68. The Morgan fingerprint density at radius 1 is 1.22 bits per heavy atom. The highest BCUT2D eigenvalue weighted by Gasteiger charge is 2.29. The van der Waals surface area contributed by atoms with E-state index in [0.717, 1.165) is 49.1 Å². The van der Waals surface area contributed by atoms with Crippen molar-refractivity contribution < 1.29 is 14.7 Å². The van der Waals surface area contributed by atoms with Crippen molar-refractivity contribution in [1.29, 1.82) is 0 Å². The monoisotopic (exact) mass is 373 g/mol. The van der Waals surface area contributed by atoms with Gasteiger partial charge in [0.2, 0.25) is 5.91 Å². The number of nitrogens with zero attached hydrogens (tertiary/aromatic N) is 4. The SMILES string of the molecule is Cc1nc2ncnn2c(C)c1CCC(=O)NC1CCCCCCC1C(=O)O. The Morgan fingerprint density at radius 2 is 1.96 bits per heavy atom. The van der Waals surface area contributed by atoms with Crippen LogP contribution in [0.4, 0.5) is 0 Å². The molecule has 0 spiro atoms. The Morgan fingerprint density at radius 3 is 2.70 bits per heavy atom. The van der Waals surface area contributed by atoms with Crippen LogP contribution in [0.1, 0.15) is 61.9 Å². The molecule has 2 heterocycles. The molecule has 2 unspecified atom stereocenters. The highest BCUT2D eigenvalue weighted by Crippen LogP contribution is 2.23. The molecule has 0 bridgehead atoms. The summed E-state index contributed by atoms with van der Waals surface area (Å²) in [6.45, 7) is 3.85. The Hall–Kier alpha value is -2.51. The van der Waals surface area contributed by atoms with Gasteiger partial charge in [-0.15, -0.1) is 0 Å². The molecule has 1 saturated carbocycles. The molecular formula is C19H27N5O3. The maximum Gasteiger partial charge on any atom is 0.308 e. The second kappa shape index (κ2) is 8.45. The van der Waals surface area contributed by atoms with E-state index in [1.54, 1.807) is 4.52 Å². The number of rotatable bonds is 5. The van der Waals surface area contributed by atoms with Crippen molar-refractivity contribution in [2.45, 2.75) is 71.3 Å². The van der Waals surface area contributed by atoms with Crippen molar-refractivity contribution in [1.82, 2.24) is 24.9 Å². The summed E-state index contributed by atoms with van der Waals surface area (Å²) in [5.41, 5.74) is 2.75. The van der Waals surface area contributed by atoms with Crippen molar-refractivity contribution in [3.63, 3.8) is 0 Å². The molecule has 1 amide bonds. The number of hydrogen-bond acceptors (Lipinski definition) is 5. The number of carboxylic acids is 1. The van der Waals surface area contributed by atoms with E-state index in [-0.39, 0.29) is 11.9 Å². The largest absolute Gasteiger partial charge is 0.481 e. The molecule has 2 N–H and O–H groups in total. The lowest BCUT2D eigenvalue weighted by Crippen LogP contribution is -2.44. The minimum atomic E-state index is -0.810. The standard InChI is InChI=1S/C19H27N5O3/c1-12-14(13(2)24-19(22-12)20-11-21-24)9-10-17(25)23-16-8-6-4-3-5-7-15(16)18(26)27/h11,15-16H,3-10H2,1-2H3,(H,23,25)(H,26,27). The summed E-state index contributed by atoms with van der Waals surface area (Å²) in [4.78, 5) is 32.7. The molecule has 0 radical (unpaired) electrons. The van der Waals surface area contributed by atoms with Crippen molar-refractivity contribution in [3.8, 4) is 0 Å². The number of carbonyl (C=O) groups excluding carboxylic acids is 1. The van der Waals surface area contributed by atoms with Crippen LogP contribution in [0.3, 0.4) is 0 Å². The zero-order chi connectivity index (χ0) is 19.4. The van der Waals surface area contributed by atoms with Crippen LogP contribution in [-0.4, -0.2) is 42.6 Å². The zero-order valence-electron chi connectivity index (χ0n) is 15.9. The zero-order valence-corrected chi connectivity index (χ0v) is 15.9. The molecule has 1 aliphatic carbocycles. The molecule has 1 aliphatic rings. The number of hydrogen-bond donors (Lipinski definition) is 2. The molecule has 27 heavy (non-hydrogen) atoms. The summed E-state index contributed by atoms with van der Waals surface area (Å²) in [7, 11) is 0. The third-order valence-electron chi connectivity index (χ3n) is 5.52. The van der Waals surface area contributed by atoms with Crippen LogP contribution in [0.5, 0.6) is 0 Å². The van der Waals surface area contributed by atoms with E-state index in [0.29, 0.717) is 25.0 Å². The van der Waals surface area contributed by atoms with Crippen LogP contribution in [0.15, 0.2) is 6.33 Å². The first kappa shape index (κ1) is 19.3. The maximum atomic E-state index is 12.5. The fourth-order valence-electron chi connectivity index (χ4n) is 3.99. The molecule has 2 aromatic rings. The molecule has 2 atom stereocenters. The lowest BCUT2D eigenvalue weighted by Gasteiger charge is -2.27. The Kier molecular flexibility index (Phi) is 6.03. The van der Waals surface area contributed by atoms with Gasteiger partial charge in [0.1, 0.15) is 6.33 Å². The third kappa shape index (κ3) is 4.43. The van der Waals surface area contributed by atoms with E-state index in [1.165, 1.54) is 6.33 Å². The number of aryl methyl sites for hydroxylation is 2. The van der Waals surface area contributed by atoms with Crippen LogP contribution in [0, 0.1) is 19.8 Å². The molecule has 1 fully saturated rings. The maximum absolute atomic E-state index is 12.5. The van der Waals surface area contributed by atoms with Gasteiger partial charge in [-0.3, -0.25) is 9.59 Å². The normalized spacial score (nSPS) is 20.8. The molecule has 8 heteroatoms. The molecule has 0 saturated heterocycles. The Balaban J connectivity index is 1.65. The predicted octanol–water partition coefficient (Wildman–Crippen LogP) is 2.21. The number of amides is 1. The summed E-state index contributed by atoms with van der Waals surface area (Å²) in [6.07, 6.45) is 7.69. The smallest absolute Gasteiger partial charge is 0.308 e. The van der Waals surface area contributed by atoms with E-state index in [9.17, 15) is 14.7 Å². The lowest BCUT2D eigenvalue weighted by atomic mass is 9.86. The van der Waals surface area contributed by atoms with Crippen LogP contribution in [0.2, 0.25) is 0 Å². The van der Waals surface area contributed by atoms with Crippen molar-refractivity contribution in [3.05, 3.63) is 23.3 Å². The van der Waals surface area contributed by atoms with Gasteiger partial charge < -0.3 is 10.4 Å². The van der Waals surface area contributed by atoms with Crippen molar-refractivity contribution in [2.24, 2.45) is 5.92 Å². The van der Waals surface area contributed by atoms with Gasteiger partial charge in [0.05, 0.1) is 5.92 Å². The molecular weight excluding hydrogens is 346 g/mol. The molecule has 0 aromatic carbocycles. The number of aliphatic carboxylic acids is 1. The minimum absolute atomic E-state index is 0.107. The van der Waals surface area contributed by atoms with Gasteiger partial charge in [0, 0.05) is 23.9 Å². The average Bonchev–Trinajstić information content (AvgIpc) is 3.05. The minimum Gasteiger partial charge on any atom is -0.481 e. The van der Waals surface area contributed by atoms with Gasteiger partial charge in [-0.2, -0.15) is 10.1 Å². The lowest BCUT2D eigenvalue weighted by molar-refractivity contribution is -0.143. The van der Waals surface area contributed by atoms with Crippen molar-refractivity contribution in [2.75, 3.05) is 0 Å². The van der Waals surface area contributed by atoms with Crippen LogP contribution in [0.25, 0.3) is 5.78 Å². The number of nitrogens with one attached hydrogen (secondary N) is 1. The highest BCUT2D eigenvalue weighted by molar-refractivity contribution is 5.78. The summed E-state index contributed by atoms with van der Waals surface area (Å²) in [5, 5.41) is 16.7. The van der Waals surface area contributed by atoms with E-state index < -0.39 is 11.9 Å². The van der Waals surface area contributed by atoms with Gasteiger partial charge >= 0.3 is 5.97 Å². The number of aromatic nitrogens is 4. The number of carbonyl (C=O) groups is 2. The Bertz CT molecular complexity index is 832. The first-order chi connectivity index (χ1) is 13.0. The first-order valence-electron chi connectivity index (χ1n) is 9.65. The van der Waals surface area contributed by atoms with Crippen LogP contribution >= 0.6 is 0 Å². The van der Waals surface area contributed by atoms with Gasteiger partial charge in [0.15, 0.2) is 0 Å². The number of carboxylic acid groups (broad SMARTS) is 1. The first-order valence-corrected chi connectivity index (χ1v) is 9.65. The quantitative estimate of drug-likeness (QED) is 0.832. The van der Waals surface area contributed by atoms with E-state index >= 15 is 0 Å². The number of fused-ring (bicyclic) bond motifs is 1. The third-order valence-corrected chi connectivity index (χ3v) is 5.52. The molecule has 2 aromatic heterocycles. The van der Waals surface area contributed by atoms with Gasteiger partial charge in [-0.25, -0.2) is 9.50 Å². The van der Waals surface area contributed by atoms with E-state index in [2.05, 4.69) is 20.4 Å². The summed E-state index contributed by atoms with van der Waals surface area (Å²) in [6, 6.07) is -0.284. The second-order valence-corrected chi connectivity index (χ2v) is 7.34. The van der Waals surface area contributed by atoms with Crippen molar-refractivity contribution >= 4 is 17.7 Å². The fourth-order valence-corrected chi connectivity index (χ4v) is 3.99. The molecule has 3 rings (SSSR count). The van der Waals surface area contributed by atoms with Gasteiger partial charge in [0.25, 0.3) is 5.78 Å². The average molecular weight is 373 g/mol. The second-order valence-electron chi connectivity index (χ2n) is 7.34. The predicted molar refractivity (Wildman–Crippen MR) is 99.3 cm³/mol. The summed E-state index contributed by atoms with van der Waals surface area (Å²) >= 11 is 0. The molecule has 146 valence electrons.